The summed E-state index contributed by atoms with van der Waals surface area (Å²) < 4.78 is 42.5. The highest BCUT2D eigenvalue weighted by Crippen LogP contribution is 2.29. The Morgan fingerprint density at radius 3 is 2.28 bits per heavy atom. The summed E-state index contributed by atoms with van der Waals surface area (Å²) in [6.45, 7) is 2.05. The minimum absolute atomic E-state index is 0.309. The molecule has 0 fully saturated rings. The van der Waals surface area contributed by atoms with E-state index in [0.717, 1.165) is 27.9 Å². The predicted molar refractivity (Wildman–Crippen MR) is 148 cm³/mol. The Labute approximate surface area is 227 Å². The molecule has 11 heteroatoms. The van der Waals surface area contributed by atoms with E-state index in [-0.39, 0.29) is 5.75 Å². The molecule has 196 valence electrons. The molecule has 39 heavy (non-hydrogen) atoms. The molecule has 0 saturated heterocycles. The SMILES string of the molecule is Cc1ccccc1-c1cccnc1NC(=S)Nc1ccc(-c2ncn(-c3ccc(OC(F)(F)F)cc3)n2)cc1. The first-order valence-electron chi connectivity index (χ1n) is 11.7. The Bertz CT molecular complexity index is 1600. The normalized spacial score (nSPS) is 11.2. The molecule has 2 heterocycles. The van der Waals surface area contributed by atoms with Crippen molar-refractivity contribution in [2.75, 3.05) is 10.6 Å². The fraction of sp³-hybridized carbons (Fsp3) is 0.0714. The third-order valence-electron chi connectivity index (χ3n) is 5.70. The largest absolute Gasteiger partial charge is 0.573 e. The second kappa shape index (κ2) is 10.9. The van der Waals surface area contributed by atoms with E-state index in [1.807, 2.05) is 67.6 Å². The summed E-state index contributed by atoms with van der Waals surface area (Å²) in [5.41, 5.74) is 5.19. The standard InChI is InChI=1S/C28H21F3N6OS/c1-18-5-2-3-6-23(18)24-7-4-16-32-26(24)35-27(39)34-20-10-8-19(9-11-20)25-33-17-37(36-25)21-12-14-22(15-13-21)38-28(29,30)31/h2-17H,1H3,(H2,32,34,35,39). The van der Waals surface area contributed by atoms with Crippen LogP contribution in [0.15, 0.2) is 97.5 Å². The van der Waals surface area contributed by atoms with Gasteiger partial charge >= 0.3 is 6.36 Å². The molecule has 0 aliphatic rings. The van der Waals surface area contributed by atoms with E-state index in [1.54, 1.807) is 6.20 Å². The van der Waals surface area contributed by atoms with Gasteiger partial charge in [-0.1, -0.05) is 24.3 Å². The number of pyridine rings is 1. The number of ether oxygens (including phenoxy) is 1. The molecule has 0 bridgehead atoms. The van der Waals surface area contributed by atoms with Crippen LogP contribution in [0.5, 0.6) is 5.75 Å². The first-order valence-corrected chi connectivity index (χ1v) is 12.1. The van der Waals surface area contributed by atoms with Gasteiger partial charge in [-0.3, -0.25) is 0 Å². The van der Waals surface area contributed by atoms with Crippen LogP contribution in [-0.4, -0.2) is 31.2 Å². The molecule has 0 saturated carbocycles. The van der Waals surface area contributed by atoms with Crippen LogP contribution in [0.1, 0.15) is 5.56 Å². The van der Waals surface area contributed by atoms with E-state index >= 15 is 0 Å². The van der Waals surface area contributed by atoms with Crippen LogP contribution < -0.4 is 15.4 Å². The minimum atomic E-state index is -4.74. The molecule has 0 radical (unpaired) electrons. The zero-order valence-corrected chi connectivity index (χ0v) is 21.3. The quantitative estimate of drug-likeness (QED) is 0.222. The number of alkyl halides is 3. The molecule has 0 atom stereocenters. The summed E-state index contributed by atoms with van der Waals surface area (Å²) in [6, 6.07) is 24.7. The van der Waals surface area contributed by atoms with Crippen LogP contribution in [0, 0.1) is 6.92 Å². The van der Waals surface area contributed by atoms with E-state index in [9.17, 15) is 13.2 Å². The van der Waals surface area contributed by atoms with Gasteiger partial charge in [-0.15, -0.1) is 18.3 Å². The van der Waals surface area contributed by atoms with E-state index < -0.39 is 6.36 Å². The topological polar surface area (TPSA) is 76.9 Å². The summed E-state index contributed by atoms with van der Waals surface area (Å²) in [5.74, 6) is 0.791. The molecular weight excluding hydrogens is 525 g/mol. The molecule has 7 nitrogen and oxygen atoms in total. The highest BCUT2D eigenvalue weighted by atomic mass is 32.1. The molecule has 0 unspecified atom stereocenters. The number of nitrogens with one attached hydrogen (secondary N) is 2. The highest BCUT2D eigenvalue weighted by Gasteiger charge is 2.31. The summed E-state index contributed by atoms with van der Waals surface area (Å²) >= 11 is 5.52. The van der Waals surface area contributed by atoms with Gasteiger partial charge in [0.2, 0.25) is 0 Å². The number of halogens is 3. The first-order chi connectivity index (χ1) is 18.7. The van der Waals surface area contributed by atoms with Gasteiger partial charge in [0.25, 0.3) is 0 Å². The maximum Gasteiger partial charge on any atom is 0.573 e. The average molecular weight is 547 g/mol. The lowest BCUT2D eigenvalue weighted by molar-refractivity contribution is -0.274. The zero-order chi connectivity index (χ0) is 27.4. The van der Waals surface area contributed by atoms with Gasteiger partial charge < -0.3 is 15.4 Å². The van der Waals surface area contributed by atoms with E-state index in [4.69, 9.17) is 12.2 Å². The van der Waals surface area contributed by atoms with Crippen molar-refractivity contribution in [3.63, 3.8) is 0 Å². The zero-order valence-electron chi connectivity index (χ0n) is 20.5. The summed E-state index contributed by atoms with van der Waals surface area (Å²) in [7, 11) is 0. The van der Waals surface area contributed by atoms with Gasteiger partial charge in [0.05, 0.1) is 5.69 Å². The van der Waals surface area contributed by atoms with Gasteiger partial charge in [0.15, 0.2) is 10.9 Å². The molecule has 0 amide bonds. The number of benzene rings is 3. The Hall–Kier alpha value is -4.77. The Balaban J connectivity index is 1.24. The number of aromatic nitrogens is 4. The summed E-state index contributed by atoms with van der Waals surface area (Å²) in [5, 5.41) is 11.1. The van der Waals surface area contributed by atoms with Gasteiger partial charge in [-0.05, 0) is 90.9 Å². The lowest BCUT2D eigenvalue weighted by atomic mass is 10.0. The van der Waals surface area contributed by atoms with E-state index in [0.29, 0.717) is 22.4 Å². The monoisotopic (exact) mass is 546 g/mol. The Morgan fingerprint density at radius 1 is 0.846 bits per heavy atom. The fourth-order valence-corrected chi connectivity index (χ4v) is 4.10. The average Bonchev–Trinajstić information content (AvgIpc) is 3.40. The summed E-state index contributed by atoms with van der Waals surface area (Å²) in [4.78, 5) is 8.78. The lowest BCUT2D eigenvalue weighted by Gasteiger charge is -2.14. The lowest BCUT2D eigenvalue weighted by Crippen LogP contribution is -2.20. The van der Waals surface area contributed by atoms with Crippen LogP contribution in [-0.2, 0) is 0 Å². The molecule has 0 aliphatic heterocycles. The third kappa shape index (κ3) is 6.39. The Kier molecular flexibility index (Phi) is 7.24. The number of anilines is 2. The van der Waals surface area contributed by atoms with E-state index in [1.165, 1.54) is 35.3 Å². The predicted octanol–water partition coefficient (Wildman–Crippen LogP) is 7.01. The maximum atomic E-state index is 12.4. The smallest absolute Gasteiger partial charge is 0.406 e. The van der Waals surface area contributed by atoms with Crippen LogP contribution in [0.3, 0.4) is 0 Å². The minimum Gasteiger partial charge on any atom is -0.406 e. The molecule has 5 rings (SSSR count). The molecule has 2 N–H and O–H groups in total. The van der Waals surface area contributed by atoms with Gasteiger partial charge in [-0.25, -0.2) is 14.6 Å². The molecule has 2 aromatic heterocycles. The first kappa shape index (κ1) is 25.9. The van der Waals surface area contributed by atoms with Crippen molar-refractivity contribution in [1.29, 1.82) is 0 Å². The molecule has 5 aromatic rings. The summed E-state index contributed by atoms with van der Waals surface area (Å²) in [6.07, 6.45) is -1.55. The number of rotatable bonds is 6. The molecule has 3 aromatic carbocycles. The van der Waals surface area contributed by atoms with Crippen molar-refractivity contribution >= 4 is 28.8 Å². The number of nitrogens with zero attached hydrogens (tertiary/aromatic N) is 4. The van der Waals surface area contributed by atoms with Crippen LogP contribution in [0.25, 0.3) is 28.2 Å². The molecular formula is C28H21F3N6OS. The number of thiocarbonyl (C=S) groups is 1. The molecule has 0 spiro atoms. The van der Waals surface area contributed by atoms with Crippen molar-refractivity contribution in [2.24, 2.45) is 0 Å². The maximum absolute atomic E-state index is 12.4. The van der Waals surface area contributed by atoms with Crippen molar-refractivity contribution in [3.8, 4) is 34.0 Å². The van der Waals surface area contributed by atoms with Crippen LogP contribution >= 0.6 is 12.2 Å². The number of hydrogen-bond acceptors (Lipinski definition) is 5. The van der Waals surface area contributed by atoms with E-state index in [2.05, 4.69) is 30.4 Å². The number of hydrogen-bond donors (Lipinski definition) is 2. The second-order valence-corrected chi connectivity index (χ2v) is 8.83. The van der Waals surface area contributed by atoms with Crippen LogP contribution in [0.2, 0.25) is 0 Å². The van der Waals surface area contributed by atoms with Crippen molar-refractivity contribution in [2.45, 2.75) is 13.3 Å². The van der Waals surface area contributed by atoms with Gasteiger partial charge in [-0.2, -0.15) is 0 Å². The van der Waals surface area contributed by atoms with Gasteiger partial charge in [0, 0.05) is 23.0 Å². The third-order valence-corrected chi connectivity index (χ3v) is 5.91. The van der Waals surface area contributed by atoms with Crippen molar-refractivity contribution < 1.29 is 17.9 Å². The second-order valence-electron chi connectivity index (χ2n) is 8.43. The fourth-order valence-electron chi connectivity index (χ4n) is 3.89. The number of aryl methyl sites for hydroxylation is 1. The molecule has 0 aliphatic carbocycles. The highest BCUT2D eigenvalue weighted by molar-refractivity contribution is 7.80. The van der Waals surface area contributed by atoms with Crippen LogP contribution in [0.4, 0.5) is 24.7 Å². The van der Waals surface area contributed by atoms with Crippen molar-refractivity contribution in [1.82, 2.24) is 19.7 Å². The van der Waals surface area contributed by atoms with Gasteiger partial charge in [0.1, 0.15) is 17.9 Å². The Morgan fingerprint density at radius 2 is 1.56 bits per heavy atom. The van der Waals surface area contributed by atoms with Crippen molar-refractivity contribution in [3.05, 3.63) is 103 Å².